The normalized spacial score (nSPS) is 16.8. The number of halogens is 1. The minimum absolute atomic E-state index is 0.0376. The molecule has 0 saturated heterocycles. The Morgan fingerprint density at radius 1 is 1.10 bits per heavy atom. The van der Waals surface area contributed by atoms with Crippen LogP contribution in [-0.2, 0) is 16.4 Å². The van der Waals surface area contributed by atoms with E-state index in [-0.39, 0.29) is 33.8 Å². The molecule has 0 bridgehead atoms. The van der Waals surface area contributed by atoms with Gasteiger partial charge in [-0.05, 0) is 99.5 Å². The number of nitrogens with one attached hydrogen (secondary N) is 2. The molecule has 2 aliphatic carbocycles. The molecule has 224 valence electrons. The molecular formula is C32H39FN4O4S. The molecule has 1 spiro atoms. The lowest BCUT2D eigenvalue weighted by molar-refractivity contribution is 0.0696. The molecule has 3 aromatic rings. The number of aromatic carboxylic acids is 1. The van der Waals surface area contributed by atoms with Gasteiger partial charge in [0.15, 0.2) is 5.82 Å². The molecule has 1 aromatic heterocycles. The number of rotatable bonds is 12. The maximum atomic E-state index is 16.2. The minimum atomic E-state index is -4.26. The largest absolute Gasteiger partial charge is 0.478 e. The lowest BCUT2D eigenvalue weighted by Crippen LogP contribution is -2.47. The molecule has 0 aliphatic heterocycles. The van der Waals surface area contributed by atoms with Crippen molar-refractivity contribution in [2.45, 2.75) is 89.6 Å². The first-order chi connectivity index (χ1) is 19.9. The van der Waals surface area contributed by atoms with Crippen molar-refractivity contribution in [3.63, 3.8) is 0 Å². The number of aromatic nitrogens is 2. The van der Waals surface area contributed by atoms with Gasteiger partial charge in [0, 0.05) is 17.6 Å². The van der Waals surface area contributed by atoms with Gasteiger partial charge in [-0.15, -0.1) is 0 Å². The Labute approximate surface area is 247 Å². The second-order valence-electron chi connectivity index (χ2n) is 12.5. The second-order valence-corrected chi connectivity index (χ2v) is 14.2. The van der Waals surface area contributed by atoms with Crippen LogP contribution in [0.4, 0.5) is 10.3 Å². The molecule has 2 fully saturated rings. The van der Waals surface area contributed by atoms with Crippen LogP contribution in [0.1, 0.15) is 79.6 Å². The minimum Gasteiger partial charge on any atom is -0.478 e. The van der Waals surface area contributed by atoms with Gasteiger partial charge in [0.25, 0.3) is 10.0 Å². The molecule has 2 aromatic carbocycles. The van der Waals surface area contributed by atoms with Gasteiger partial charge in [0.1, 0.15) is 5.69 Å². The van der Waals surface area contributed by atoms with Crippen molar-refractivity contribution in [2.75, 3.05) is 4.72 Å². The highest BCUT2D eigenvalue weighted by molar-refractivity contribution is 7.92. The number of nitrogens with zero attached hydrogens (tertiary/aromatic N) is 2. The molecule has 1 atom stereocenters. The summed E-state index contributed by atoms with van der Waals surface area (Å²) in [7, 11) is -4.26. The summed E-state index contributed by atoms with van der Waals surface area (Å²) in [5, 5.41) is 13.1. The van der Waals surface area contributed by atoms with Gasteiger partial charge in [-0.25, -0.2) is 32.3 Å². The van der Waals surface area contributed by atoms with E-state index in [0.717, 1.165) is 23.6 Å². The van der Waals surface area contributed by atoms with Gasteiger partial charge < -0.3 is 10.4 Å². The Morgan fingerprint density at radius 3 is 2.38 bits per heavy atom. The third kappa shape index (κ3) is 6.65. The first-order valence-electron chi connectivity index (χ1n) is 14.6. The SMILES string of the molecule is Cc1cccc(C)c1-c1nc(NS(=O)(=O)c2cccc(C(=O)O)c2)nc(CC[C@@H](CC(C)C)NC2CC3(CC3)C2)c1F. The van der Waals surface area contributed by atoms with Crippen molar-refractivity contribution >= 4 is 21.9 Å². The van der Waals surface area contributed by atoms with Crippen LogP contribution in [0.25, 0.3) is 11.3 Å². The maximum Gasteiger partial charge on any atom is 0.335 e. The molecule has 2 aliphatic rings. The smallest absolute Gasteiger partial charge is 0.335 e. The zero-order chi connectivity index (χ0) is 30.2. The molecule has 10 heteroatoms. The molecule has 2 saturated carbocycles. The van der Waals surface area contributed by atoms with E-state index in [4.69, 9.17) is 0 Å². The van der Waals surface area contributed by atoms with Gasteiger partial charge in [0.2, 0.25) is 5.95 Å². The second kappa shape index (κ2) is 11.7. The van der Waals surface area contributed by atoms with Crippen LogP contribution >= 0.6 is 0 Å². The third-order valence-electron chi connectivity index (χ3n) is 8.53. The van der Waals surface area contributed by atoms with E-state index in [1.165, 1.54) is 43.9 Å². The number of carbonyl (C=O) groups is 1. The molecule has 1 heterocycles. The number of hydrogen-bond donors (Lipinski definition) is 3. The van der Waals surface area contributed by atoms with Gasteiger partial charge in [-0.2, -0.15) is 0 Å². The zero-order valence-electron chi connectivity index (χ0n) is 24.6. The van der Waals surface area contributed by atoms with E-state index in [1.54, 1.807) is 0 Å². The quantitative estimate of drug-likeness (QED) is 0.226. The van der Waals surface area contributed by atoms with E-state index in [2.05, 4.69) is 33.9 Å². The van der Waals surface area contributed by atoms with Crippen LogP contribution in [0.15, 0.2) is 47.4 Å². The number of carboxylic acid groups (broad SMARTS) is 1. The van der Waals surface area contributed by atoms with Gasteiger partial charge in [-0.3, -0.25) is 0 Å². The van der Waals surface area contributed by atoms with Crippen LogP contribution < -0.4 is 10.0 Å². The highest BCUT2D eigenvalue weighted by Gasteiger charge is 2.52. The molecule has 5 rings (SSSR count). The molecule has 0 radical (unpaired) electrons. The summed E-state index contributed by atoms with van der Waals surface area (Å²) >= 11 is 0. The van der Waals surface area contributed by atoms with Crippen molar-refractivity contribution in [3.05, 3.63) is 70.7 Å². The van der Waals surface area contributed by atoms with Gasteiger partial charge >= 0.3 is 5.97 Å². The average Bonchev–Trinajstić information content (AvgIpc) is 3.69. The fourth-order valence-corrected chi connectivity index (χ4v) is 7.19. The summed E-state index contributed by atoms with van der Waals surface area (Å²) in [5.74, 6) is -1.61. The lowest BCUT2D eigenvalue weighted by atomic mass is 9.76. The van der Waals surface area contributed by atoms with E-state index < -0.39 is 21.8 Å². The van der Waals surface area contributed by atoms with Crippen molar-refractivity contribution in [3.8, 4) is 11.3 Å². The predicted molar refractivity (Wildman–Crippen MR) is 160 cm³/mol. The maximum absolute atomic E-state index is 16.2. The van der Waals surface area contributed by atoms with Gasteiger partial charge in [-0.1, -0.05) is 38.1 Å². The van der Waals surface area contributed by atoms with Crippen LogP contribution in [0.2, 0.25) is 0 Å². The topological polar surface area (TPSA) is 121 Å². The molecular weight excluding hydrogens is 555 g/mol. The van der Waals surface area contributed by atoms with E-state index in [0.29, 0.717) is 35.8 Å². The Bertz CT molecular complexity index is 1580. The standard InChI is InChI=1S/C32H39FN4O4S/c1-19(2)15-23(34-24-17-32(18-24)13-14-32)11-12-26-28(33)29(27-20(3)7-5-8-21(27)4)36-31(35-26)37-42(40,41)25-10-6-9-22(16-25)30(38)39/h5-10,16,19,23-24,34H,11-15,17-18H2,1-4H3,(H,38,39)(H,35,36,37)/t23-/m0/s1. The summed E-state index contributed by atoms with van der Waals surface area (Å²) in [6, 6.07) is 11.3. The number of sulfonamides is 1. The van der Waals surface area contributed by atoms with E-state index in [1.807, 2.05) is 32.0 Å². The monoisotopic (exact) mass is 594 g/mol. The van der Waals surface area contributed by atoms with Crippen LogP contribution in [0.3, 0.4) is 0 Å². The lowest BCUT2D eigenvalue weighted by Gasteiger charge is -2.39. The van der Waals surface area contributed by atoms with E-state index >= 15 is 4.39 Å². The van der Waals surface area contributed by atoms with Crippen LogP contribution in [-0.4, -0.2) is 41.5 Å². The van der Waals surface area contributed by atoms with Crippen LogP contribution in [0, 0.1) is 31.0 Å². The van der Waals surface area contributed by atoms with Crippen LogP contribution in [0.5, 0.6) is 0 Å². The summed E-state index contributed by atoms with van der Waals surface area (Å²) < 4.78 is 45.1. The third-order valence-corrected chi connectivity index (χ3v) is 9.85. The first kappa shape index (κ1) is 30.1. The summed E-state index contributed by atoms with van der Waals surface area (Å²) in [5.41, 5.74) is 2.79. The number of hydrogen-bond acceptors (Lipinski definition) is 6. The molecule has 3 N–H and O–H groups in total. The number of carboxylic acids is 1. The van der Waals surface area contributed by atoms with Crippen molar-refractivity contribution in [2.24, 2.45) is 11.3 Å². The van der Waals surface area contributed by atoms with Crippen molar-refractivity contribution in [1.29, 1.82) is 0 Å². The Morgan fingerprint density at radius 2 is 1.76 bits per heavy atom. The first-order valence-corrected chi connectivity index (χ1v) is 16.1. The zero-order valence-corrected chi connectivity index (χ0v) is 25.4. The molecule has 0 amide bonds. The van der Waals surface area contributed by atoms with Gasteiger partial charge in [0.05, 0.1) is 16.2 Å². The molecule has 0 unspecified atom stereocenters. The van der Waals surface area contributed by atoms with E-state index in [9.17, 15) is 18.3 Å². The fraction of sp³-hybridized carbons (Fsp3) is 0.469. The fourth-order valence-electron chi connectivity index (χ4n) is 6.20. The Hall–Kier alpha value is -3.37. The Kier molecular flexibility index (Phi) is 8.40. The summed E-state index contributed by atoms with van der Waals surface area (Å²) in [6.07, 6.45) is 6.95. The van der Waals surface area contributed by atoms with Crippen molar-refractivity contribution in [1.82, 2.24) is 15.3 Å². The summed E-state index contributed by atoms with van der Waals surface area (Å²) in [4.78, 5) is 19.9. The average molecular weight is 595 g/mol. The molecule has 8 nitrogen and oxygen atoms in total. The molecule has 42 heavy (non-hydrogen) atoms. The summed E-state index contributed by atoms with van der Waals surface area (Å²) in [6.45, 7) is 8.07. The predicted octanol–water partition coefficient (Wildman–Crippen LogP) is 6.28. The highest BCUT2D eigenvalue weighted by Crippen LogP contribution is 2.60. The number of aryl methyl sites for hydroxylation is 3. The van der Waals surface area contributed by atoms with Crippen molar-refractivity contribution < 1.29 is 22.7 Å². The highest BCUT2D eigenvalue weighted by atomic mass is 32.2. The number of anilines is 1. The Balaban J connectivity index is 1.46. The number of benzene rings is 2.